The summed E-state index contributed by atoms with van der Waals surface area (Å²) >= 11 is 0. The molecule has 254 valence electrons. The molecule has 10 heteroatoms. The van der Waals surface area contributed by atoms with Crippen molar-refractivity contribution in [2.45, 2.75) is 77.0 Å². The second-order valence-corrected chi connectivity index (χ2v) is 14.8. The minimum Gasteiger partial charge on any atom is -0.453 e. The first-order valence-corrected chi connectivity index (χ1v) is 17.7. The molecule has 6 atom stereocenters. The number of rotatable bonds is 7. The Hall–Kier alpha value is -4.70. The topological polar surface area (TPSA) is 128 Å². The number of hydrogen-bond acceptors (Lipinski definition) is 6. The zero-order chi connectivity index (χ0) is 33.8. The van der Waals surface area contributed by atoms with Gasteiger partial charge in [-0.25, -0.2) is 14.8 Å². The Morgan fingerprint density at radius 1 is 0.939 bits per heavy atom. The van der Waals surface area contributed by atoms with Crippen LogP contribution in [0.4, 0.5) is 4.79 Å². The lowest BCUT2D eigenvalue weighted by atomic mass is 9.99. The van der Waals surface area contributed by atoms with Crippen molar-refractivity contribution < 1.29 is 14.3 Å². The van der Waals surface area contributed by atoms with Crippen molar-refractivity contribution in [3.63, 3.8) is 0 Å². The van der Waals surface area contributed by atoms with Gasteiger partial charge < -0.3 is 30.2 Å². The summed E-state index contributed by atoms with van der Waals surface area (Å²) in [5.41, 5.74) is 6.35. The smallest absolute Gasteiger partial charge is 0.407 e. The molecule has 2 amide bonds. The third kappa shape index (κ3) is 5.96. The number of nitrogens with zero attached hydrogens (tertiary/aromatic N) is 3. The van der Waals surface area contributed by atoms with Gasteiger partial charge in [-0.3, -0.25) is 4.79 Å². The van der Waals surface area contributed by atoms with E-state index in [4.69, 9.17) is 14.7 Å². The number of alkyl carbamates (subject to hydrolysis) is 1. The number of methoxy groups -OCH3 is 1. The molecule has 0 unspecified atom stereocenters. The monoisotopic (exact) mass is 659 g/mol. The van der Waals surface area contributed by atoms with Crippen LogP contribution >= 0.6 is 0 Å². The number of likely N-dealkylation sites (tertiary alicyclic amines) is 1. The standard InChI is InChI=1S/C39H45N7O3/c1-21(2)35(45-39(48)49-4)38(47)46-20-22(3)14-34(46)37-40-19-33(44-37)28-11-10-23-15-24(8-9-25(23)16-28)26-12-13-30-31(17-26)43-36(42-30)32-18-27-6-5-7-29(27)41-32/h8-13,15-17,19,21-22,27,29,32,34-35,41H,5-7,14,18,20H2,1-4H3,(H,40,44)(H,42,43)(H,45,48)/t22-,27-,29-,32-,34-,35-/m0/s1. The van der Waals surface area contributed by atoms with Gasteiger partial charge in [-0.1, -0.05) is 57.5 Å². The fourth-order valence-corrected chi connectivity index (χ4v) is 8.40. The minimum atomic E-state index is -0.673. The maximum Gasteiger partial charge on any atom is 0.407 e. The fourth-order valence-electron chi connectivity index (χ4n) is 8.40. The second-order valence-electron chi connectivity index (χ2n) is 14.8. The number of carbonyl (C=O) groups is 2. The molecule has 2 saturated heterocycles. The summed E-state index contributed by atoms with van der Waals surface area (Å²) in [6, 6.07) is 19.7. The lowest BCUT2D eigenvalue weighted by Crippen LogP contribution is -2.51. The van der Waals surface area contributed by atoms with Gasteiger partial charge >= 0.3 is 6.09 Å². The number of imidazole rings is 2. The van der Waals surface area contributed by atoms with Crippen LogP contribution in [0.25, 0.3) is 44.2 Å². The van der Waals surface area contributed by atoms with Gasteiger partial charge in [0.1, 0.15) is 17.7 Å². The maximum atomic E-state index is 13.7. The van der Waals surface area contributed by atoms with Crippen molar-refractivity contribution >= 4 is 33.8 Å². The Morgan fingerprint density at radius 3 is 2.47 bits per heavy atom. The van der Waals surface area contributed by atoms with Crippen molar-refractivity contribution in [3.8, 4) is 22.4 Å². The minimum absolute atomic E-state index is 0.0893. The first-order valence-electron chi connectivity index (χ1n) is 17.7. The predicted octanol–water partition coefficient (Wildman–Crippen LogP) is 7.27. The summed E-state index contributed by atoms with van der Waals surface area (Å²) in [5, 5.41) is 8.85. The van der Waals surface area contributed by atoms with Gasteiger partial charge in [0.15, 0.2) is 0 Å². The molecule has 1 saturated carbocycles. The molecule has 5 aromatic rings. The van der Waals surface area contributed by atoms with Crippen molar-refractivity contribution in [2.75, 3.05) is 13.7 Å². The highest BCUT2D eigenvalue weighted by atomic mass is 16.5. The summed E-state index contributed by atoms with van der Waals surface area (Å²) in [7, 11) is 1.31. The molecule has 4 N–H and O–H groups in total. The number of aromatic amines is 2. The highest BCUT2D eigenvalue weighted by Gasteiger charge is 2.40. The molecule has 0 spiro atoms. The zero-order valence-corrected chi connectivity index (χ0v) is 28.6. The Balaban J connectivity index is 1.00. The fraction of sp³-hybridized carbons (Fsp3) is 0.436. The van der Waals surface area contributed by atoms with E-state index in [2.05, 4.69) is 82.1 Å². The Labute approximate surface area is 286 Å². The van der Waals surface area contributed by atoms with Gasteiger partial charge in [0.05, 0.1) is 42.1 Å². The summed E-state index contributed by atoms with van der Waals surface area (Å²) in [5.74, 6) is 2.71. The van der Waals surface area contributed by atoms with Crippen LogP contribution in [0.3, 0.4) is 0 Å². The van der Waals surface area contributed by atoms with E-state index in [0.717, 1.165) is 68.2 Å². The van der Waals surface area contributed by atoms with Gasteiger partial charge in [-0.15, -0.1) is 0 Å². The lowest BCUT2D eigenvalue weighted by Gasteiger charge is -2.30. The molecule has 8 rings (SSSR count). The molecular weight excluding hydrogens is 614 g/mol. The van der Waals surface area contributed by atoms with E-state index < -0.39 is 12.1 Å². The molecule has 1 aliphatic carbocycles. The molecule has 3 aliphatic rings. The number of hydrogen-bond donors (Lipinski definition) is 4. The molecule has 2 aliphatic heterocycles. The van der Waals surface area contributed by atoms with Crippen LogP contribution < -0.4 is 10.6 Å². The van der Waals surface area contributed by atoms with E-state index >= 15 is 0 Å². The SMILES string of the molecule is COC(=O)N[C@H](C(=O)N1C[C@@H](C)C[C@H]1c1ncc(-c2ccc3cc(-c4ccc5nc([C@@H]6C[C@@H]7CCC[C@@H]7N6)[nH]c5c4)ccc3c2)[nH]1)C(C)C. The summed E-state index contributed by atoms with van der Waals surface area (Å²) in [6.07, 6.45) is 7.19. The molecule has 2 aromatic heterocycles. The number of fused-ring (bicyclic) bond motifs is 3. The number of H-pyrrole nitrogens is 2. The second kappa shape index (κ2) is 12.6. The molecule has 3 aromatic carbocycles. The normalized spacial score (nSPS) is 24.2. The summed E-state index contributed by atoms with van der Waals surface area (Å²) in [6.45, 7) is 6.59. The van der Waals surface area contributed by atoms with Crippen LogP contribution in [0.15, 0.2) is 60.8 Å². The highest BCUT2D eigenvalue weighted by Crippen LogP contribution is 2.40. The van der Waals surface area contributed by atoms with E-state index in [0.29, 0.717) is 24.5 Å². The maximum absolute atomic E-state index is 13.7. The van der Waals surface area contributed by atoms with Crippen LogP contribution in [0.1, 0.15) is 76.6 Å². The number of carbonyl (C=O) groups excluding carboxylic acids is 2. The molecule has 49 heavy (non-hydrogen) atoms. The lowest BCUT2D eigenvalue weighted by molar-refractivity contribution is -0.135. The van der Waals surface area contributed by atoms with Crippen LogP contribution in [-0.4, -0.2) is 62.6 Å². The van der Waals surface area contributed by atoms with Crippen LogP contribution in [-0.2, 0) is 9.53 Å². The molecule has 0 radical (unpaired) electrons. The molecule has 0 bridgehead atoms. The van der Waals surface area contributed by atoms with Crippen molar-refractivity contribution in [1.82, 2.24) is 35.5 Å². The Kier molecular flexibility index (Phi) is 8.14. The third-order valence-corrected chi connectivity index (χ3v) is 11.0. The molecule has 10 nitrogen and oxygen atoms in total. The van der Waals surface area contributed by atoms with E-state index in [1.807, 2.05) is 24.9 Å². The van der Waals surface area contributed by atoms with Crippen molar-refractivity contribution in [1.29, 1.82) is 0 Å². The highest BCUT2D eigenvalue weighted by molar-refractivity contribution is 5.92. The van der Waals surface area contributed by atoms with Gasteiger partial charge in [0.25, 0.3) is 0 Å². The van der Waals surface area contributed by atoms with Crippen molar-refractivity contribution in [3.05, 3.63) is 72.4 Å². The van der Waals surface area contributed by atoms with Gasteiger partial charge in [0.2, 0.25) is 5.91 Å². The first kappa shape index (κ1) is 31.6. The van der Waals surface area contributed by atoms with E-state index in [1.165, 1.54) is 32.8 Å². The van der Waals surface area contributed by atoms with E-state index in [1.54, 1.807) is 0 Å². The Bertz CT molecular complexity index is 2020. The van der Waals surface area contributed by atoms with Crippen LogP contribution in [0, 0.1) is 17.8 Å². The third-order valence-electron chi connectivity index (χ3n) is 11.0. The average molecular weight is 660 g/mol. The Morgan fingerprint density at radius 2 is 1.69 bits per heavy atom. The van der Waals surface area contributed by atoms with Gasteiger partial charge in [0, 0.05) is 18.2 Å². The number of benzene rings is 3. The number of nitrogens with one attached hydrogen (secondary N) is 4. The summed E-state index contributed by atoms with van der Waals surface area (Å²) < 4.78 is 4.79. The number of ether oxygens (including phenoxy) is 1. The largest absolute Gasteiger partial charge is 0.453 e. The number of aromatic nitrogens is 4. The number of amides is 2. The first-order chi connectivity index (χ1) is 23.7. The molecular formula is C39H45N7O3. The van der Waals surface area contributed by atoms with Crippen LogP contribution in [0.2, 0.25) is 0 Å². The van der Waals surface area contributed by atoms with Crippen molar-refractivity contribution in [2.24, 2.45) is 17.8 Å². The van der Waals surface area contributed by atoms with E-state index in [-0.39, 0.29) is 17.9 Å². The molecule has 3 fully saturated rings. The summed E-state index contributed by atoms with van der Waals surface area (Å²) in [4.78, 5) is 44.4. The molecule has 4 heterocycles. The van der Waals surface area contributed by atoms with Crippen LogP contribution in [0.5, 0.6) is 0 Å². The average Bonchev–Trinajstić information content (AvgIpc) is 3.93. The zero-order valence-electron chi connectivity index (χ0n) is 28.6. The quantitative estimate of drug-likeness (QED) is 0.146. The van der Waals surface area contributed by atoms with E-state index in [9.17, 15) is 9.59 Å². The predicted molar refractivity (Wildman–Crippen MR) is 191 cm³/mol. The van der Waals surface area contributed by atoms with Gasteiger partial charge in [-0.05, 0) is 89.6 Å². The van der Waals surface area contributed by atoms with Gasteiger partial charge in [-0.2, -0.15) is 0 Å².